The molecule has 0 aromatic heterocycles. The predicted octanol–water partition coefficient (Wildman–Crippen LogP) is 2.36. The zero-order valence-corrected chi connectivity index (χ0v) is 5.19. The zero-order chi connectivity index (χ0) is 5.61. The zero-order valence-electron chi connectivity index (χ0n) is 5.19. The summed E-state index contributed by atoms with van der Waals surface area (Å²) in [6, 6.07) is 0. The molecule has 0 heterocycles. The first-order chi connectivity index (χ1) is 3.87. The van der Waals surface area contributed by atoms with Crippen LogP contribution in [0.15, 0.2) is 12.7 Å². The summed E-state index contributed by atoms with van der Waals surface area (Å²) in [5.41, 5.74) is 0.667. The lowest BCUT2D eigenvalue weighted by Gasteiger charge is -1.99. The minimum Gasteiger partial charge on any atom is -0.103 e. The minimum absolute atomic E-state index is 0.667. The van der Waals surface area contributed by atoms with Gasteiger partial charge in [0.1, 0.15) is 0 Å². The van der Waals surface area contributed by atoms with E-state index in [-0.39, 0.29) is 0 Å². The van der Waals surface area contributed by atoms with Crippen molar-refractivity contribution in [1.29, 1.82) is 0 Å². The van der Waals surface area contributed by atoms with Gasteiger partial charge >= 0.3 is 0 Å². The molecule has 0 aromatic rings. The van der Waals surface area contributed by atoms with Crippen molar-refractivity contribution >= 4 is 0 Å². The maximum atomic E-state index is 3.86. The Balaban J connectivity index is 2.18. The molecule has 8 heavy (non-hydrogen) atoms. The van der Waals surface area contributed by atoms with E-state index in [9.17, 15) is 0 Å². The predicted molar refractivity (Wildman–Crippen MR) is 34.6 cm³/mol. The lowest BCUT2D eigenvalue weighted by Crippen LogP contribution is -1.89. The summed E-state index contributed by atoms with van der Waals surface area (Å²) >= 11 is 0. The molecule has 0 bridgehead atoms. The first kappa shape index (κ1) is 4.60. The molecule has 0 spiro atoms. The molecule has 2 aliphatic rings. The Labute approximate surface area is 50.6 Å². The third-order valence-electron chi connectivity index (χ3n) is 2.88. The van der Waals surface area contributed by atoms with Gasteiger partial charge in [0.15, 0.2) is 0 Å². The van der Waals surface area contributed by atoms with Crippen LogP contribution in [0.4, 0.5) is 0 Å². The Kier molecular flexibility index (Phi) is 0.677. The van der Waals surface area contributed by atoms with Crippen LogP contribution >= 0.6 is 0 Å². The normalized spacial score (nSPS) is 50.8. The van der Waals surface area contributed by atoms with E-state index in [4.69, 9.17) is 0 Å². The largest absolute Gasteiger partial charge is 0.103 e. The fraction of sp³-hybridized carbons (Fsp3) is 0.750. The second-order valence-corrected chi connectivity index (χ2v) is 3.23. The van der Waals surface area contributed by atoms with Crippen LogP contribution in [0.1, 0.15) is 25.7 Å². The summed E-state index contributed by atoms with van der Waals surface area (Å²) in [5, 5.41) is 0. The molecule has 2 fully saturated rings. The quantitative estimate of drug-likeness (QED) is 0.452. The van der Waals surface area contributed by atoms with E-state index in [0.29, 0.717) is 5.41 Å². The third-order valence-corrected chi connectivity index (χ3v) is 2.88. The van der Waals surface area contributed by atoms with Crippen molar-refractivity contribution in [2.75, 3.05) is 0 Å². The Hall–Kier alpha value is -0.260. The van der Waals surface area contributed by atoms with Gasteiger partial charge in [0, 0.05) is 0 Å². The van der Waals surface area contributed by atoms with Gasteiger partial charge < -0.3 is 0 Å². The van der Waals surface area contributed by atoms with Crippen LogP contribution in [0.3, 0.4) is 0 Å². The molecular weight excluding hydrogens is 96.1 g/mol. The molecule has 0 amide bonds. The molecule has 44 valence electrons. The van der Waals surface area contributed by atoms with Gasteiger partial charge in [-0.15, -0.1) is 6.58 Å². The van der Waals surface area contributed by atoms with E-state index in [1.54, 1.807) is 0 Å². The standard InChI is InChI=1S/C8H12/c1-2-8-5-3-4-7(8)6-8/h2,7H,1,3-6H2/t7?,8-/m0/s1. The van der Waals surface area contributed by atoms with Gasteiger partial charge in [0.2, 0.25) is 0 Å². The molecule has 0 aliphatic heterocycles. The average Bonchev–Trinajstić information content (AvgIpc) is 2.38. The van der Waals surface area contributed by atoms with Gasteiger partial charge in [-0.25, -0.2) is 0 Å². The molecule has 0 N–H and O–H groups in total. The maximum Gasteiger partial charge on any atom is -0.00894 e. The van der Waals surface area contributed by atoms with Gasteiger partial charge in [-0.1, -0.05) is 12.5 Å². The summed E-state index contributed by atoms with van der Waals surface area (Å²) in [5.74, 6) is 1.06. The number of fused-ring (bicyclic) bond motifs is 1. The van der Waals surface area contributed by atoms with Gasteiger partial charge in [-0.3, -0.25) is 0 Å². The van der Waals surface area contributed by atoms with Gasteiger partial charge in [-0.05, 0) is 30.6 Å². The molecule has 2 aliphatic carbocycles. The van der Waals surface area contributed by atoms with Crippen LogP contribution in [0, 0.1) is 11.3 Å². The van der Waals surface area contributed by atoms with Crippen LogP contribution in [-0.4, -0.2) is 0 Å². The van der Waals surface area contributed by atoms with Crippen molar-refractivity contribution in [3.63, 3.8) is 0 Å². The topological polar surface area (TPSA) is 0 Å². The van der Waals surface area contributed by atoms with E-state index >= 15 is 0 Å². The number of hydrogen-bond donors (Lipinski definition) is 0. The van der Waals surface area contributed by atoms with Crippen LogP contribution in [-0.2, 0) is 0 Å². The van der Waals surface area contributed by atoms with Crippen LogP contribution in [0.5, 0.6) is 0 Å². The second-order valence-electron chi connectivity index (χ2n) is 3.23. The first-order valence-electron chi connectivity index (χ1n) is 3.51. The van der Waals surface area contributed by atoms with Crippen molar-refractivity contribution in [3.8, 4) is 0 Å². The van der Waals surface area contributed by atoms with E-state index < -0.39 is 0 Å². The fourth-order valence-electron chi connectivity index (χ4n) is 2.13. The van der Waals surface area contributed by atoms with Crippen LogP contribution in [0.2, 0.25) is 0 Å². The molecular formula is C8H12. The minimum atomic E-state index is 0.667. The average molecular weight is 108 g/mol. The monoisotopic (exact) mass is 108 g/mol. The van der Waals surface area contributed by atoms with Crippen molar-refractivity contribution < 1.29 is 0 Å². The smallest absolute Gasteiger partial charge is 0.00894 e. The van der Waals surface area contributed by atoms with Gasteiger partial charge in [-0.2, -0.15) is 0 Å². The Morgan fingerprint density at radius 2 is 2.50 bits per heavy atom. The van der Waals surface area contributed by atoms with Crippen LogP contribution in [0.25, 0.3) is 0 Å². The highest BCUT2D eigenvalue weighted by atomic mass is 14.6. The summed E-state index contributed by atoms with van der Waals surface area (Å²) in [4.78, 5) is 0. The Morgan fingerprint density at radius 1 is 1.62 bits per heavy atom. The number of hydrogen-bond acceptors (Lipinski definition) is 0. The van der Waals surface area contributed by atoms with Crippen molar-refractivity contribution in [3.05, 3.63) is 12.7 Å². The SMILES string of the molecule is C=C[C@@]12CCCC1C2. The van der Waals surface area contributed by atoms with Gasteiger partial charge in [0.05, 0.1) is 0 Å². The summed E-state index contributed by atoms with van der Waals surface area (Å²) in [6.45, 7) is 3.86. The molecule has 0 heteroatoms. The summed E-state index contributed by atoms with van der Waals surface area (Å²) in [6.07, 6.45) is 8.00. The van der Waals surface area contributed by atoms with E-state index in [1.165, 1.54) is 25.7 Å². The number of allylic oxidation sites excluding steroid dienone is 1. The highest BCUT2D eigenvalue weighted by molar-refractivity contribution is 5.15. The van der Waals surface area contributed by atoms with E-state index in [0.717, 1.165) is 5.92 Å². The molecule has 2 atom stereocenters. The van der Waals surface area contributed by atoms with Gasteiger partial charge in [0.25, 0.3) is 0 Å². The molecule has 0 aromatic carbocycles. The molecule has 0 saturated heterocycles. The van der Waals surface area contributed by atoms with E-state index in [1.807, 2.05) is 0 Å². The maximum absolute atomic E-state index is 3.86. The Morgan fingerprint density at radius 3 is 2.75 bits per heavy atom. The molecule has 2 saturated carbocycles. The summed E-state index contributed by atoms with van der Waals surface area (Å²) in [7, 11) is 0. The molecule has 0 radical (unpaired) electrons. The first-order valence-corrected chi connectivity index (χ1v) is 3.51. The van der Waals surface area contributed by atoms with Crippen molar-refractivity contribution in [1.82, 2.24) is 0 Å². The Bertz CT molecular complexity index is 126. The van der Waals surface area contributed by atoms with E-state index in [2.05, 4.69) is 12.7 Å². The highest BCUT2D eigenvalue weighted by Crippen LogP contribution is 2.64. The second kappa shape index (κ2) is 1.18. The third kappa shape index (κ3) is 0.367. The highest BCUT2D eigenvalue weighted by Gasteiger charge is 2.54. The lowest BCUT2D eigenvalue weighted by molar-refractivity contribution is 0.621. The van der Waals surface area contributed by atoms with Crippen LogP contribution < -0.4 is 0 Å². The summed E-state index contributed by atoms with van der Waals surface area (Å²) < 4.78 is 0. The lowest BCUT2D eigenvalue weighted by atomic mass is 10.1. The fourth-order valence-corrected chi connectivity index (χ4v) is 2.13. The number of rotatable bonds is 1. The molecule has 0 nitrogen and oxygen atoms in total. The molecule has 1 unspecified atom stereocenters. The molecule has 2 rings (SSSR count). The van der Waals surface area contributed by atoms with Crippen molar-refractivity contribution in [2.24, 2.45) is 11.3 Å². The van der Waals surface area contributed by atoms with Crippen molar-refractivity contribution in [2.45, 2.75) is 25.7 Å².